The van der Waals surface area contributed by atoms with Crippen molar-refractivity contribution in [2.24, 2.45) is 5.41 Å². The Bertz CT molecular complexity index is 439. The summed E-state index contributed by atoms with van der Waals surface area (Å²) in [7, 11) is 0. The van der Waals surface area contributed by atoms with Crippen LogP contribution in [0.3, 0.4) is 0 Å². The fourth-order valence-corrected chi connectivity index (χ4v) is 1.39. The summed E-state index contributed by atoms with van der Waals surface area (Å²) in [6, 6.07) is 2.07. The Hall–Kier alpha value is -1.78. The molecule has 0 saturated heterocycles. The zero-order chi connectivity index (χ0) is 12.4. The highest BCUT2D eigenvalue weighted by molar-refractivity contribution is 5.81. The number of carboxylic acid groups (broad SMARTS) is 1. The van der Waals surface area contributed by atoms with Gasteiger partial charge in [0.25, 0.3) is 0 Å². The van der Waals surface area contributed by atoms with Crippen molar-refractivity contribution in [2.45, 2.75) is 32.3 Å². The van der Waals surface area contributed by atoms with E-state index >= 15 is 0 Å². The lowest BCUT2D eigenvalue weighted by atomic mass is 9.87. The molecule has 1 fully saturated rings. The molecule has 4 heteroatoms. The van der Waals surface area contributed by atoms with Gasteiger partial charge in [0.05, 0.1) is 11.5 Å². The molecule has 1 saturated carbocycles. The van der Waals surface area contributed by atoms with Gasteiger partial charge in [0.15, 0.2) is 0 Å². The van der Waals surface area contributed by atoms with E-state index in [1.54, 1.807) is 6.92 Å². The molecule has 0 heterocycles. The molecule has 16 heavy (non-hydrogen) atoms. The average Bonchev–Trinajstić information content (AvgIpc) is 2.94. The summed E-state index contributed by atoms with van der Waals surface area (Å²) in [6.45, 7) is 3.04. The van der Waals surface area contributed by atoms with E-state index in [-0.39, 0.29) is 0 Å². The number of carboxylic acids is 1. The Kier molecular flexibility index (Phi) is 3.07. The predicted octanol–water partition coefficient (Wildman–Crippen LogP) is 1.08. The second-order valence-electron chi connectivity index (χ2n) is 4.18. The zero-order valence-electron chi connectivity index (χ0n) is 9.24. The Labute approximate surface area is 94.2 Å². The third-order valence-electron chi connectivity index (χ3n) is 2.74. The van der Waals surface area contributed by atoms with Crippen molar-refractivity contribution in [1.29, 1.82) is 5.26 Å². The normalized spacial score (nSPS) is 21.0. The summed E-state index contributed by atoms with van der Waals surface area (Å²) >= 11 is 0. The van der Waals surface area contributed by atoms with Crippen molar-refractivity contribution in [2.75, 3.05) is 0 Å². The van der Waals surface area contributed by atoms with Crippen LogP contribution in [0.1, 0.15) is 26.7 Å². The highest BCUT2D eigenvalue weighted by Gasteiger charge is 2.56. The number of nitrogens with zero attached hydrogens (tertiary/aromatic N) is 1. The largest absolute Gasteiger partial charge is 0.478 e. The lowest BCUT2D eigenvalue weighted by molar-refractivity contribution is -0.131. The first-order valence-electron chi connectivity index (χ1n) is 4.91. The highest BCUT2D eigenvalue weighted by Crippen LogP contribution is 2.53. The van der Waals surface area contributed by atoms with Crippen molar-refractivity contribution >= 4 is 5.97 Å². The van der Waals surface area contributed by atoms with Crippen molar-refractivity contribution in [3.05, 3.63) is 11.6 Å². The van der Waals surface area contributed by atoms with Gasteiger partial charge >= 0.3 is 5.97 Å². The van der Waals surface area contributed by atoms with E-state index < -0.39 is 17.0 Å². The fourth-order valence-electron chi connectivity index (χ4n) is 1.39. The molecule has 4 nitrogen and oxygen atoms in total. The molecule has 0 bridgehead atoms. The third kappa shape index (κ3) is 2.42. The minimum absolute atomic E-state index is 0.349. The van der Waals surface area contributed by atoms with Gasteiger partial charge in [-0.05, 0) is 26.7 Å². The Morgan fingerprint density at radius 2 is 2.12 bits per heavy atom. The molecule has 0 aromatic rings. The molecular weight excluding hydrogens is 206 g/mol. The van der Waals surface area contributed by atoms with Gasteiger partial charge in [-0.2, -0.15) is 5.26 Å². The average molecular weight is 219 g/mol. The van der Waals surface area contributed by atoms with E-state index in [4.69, 9.17) is 10.4 Å². The first-order chi connectivity index (χ1) is 7.33. The maximum atomic E-state index is 10.3. The molecule has 1 rings (SSSR count). The van der Waals surface area contributed by atoms with Crippen LogP contribution in [0.25, 0.3) is 0 Å². The van der Waals surface area contributed by atoms with Gasteiger partial charge in [-0.15, -0.1) is 0 Å². The lowest BCUT2D eigenvalue weighted by Gasteiger charge is -2.21. The number of rotatable bonds is 2. The number of nitriles is 1. The third-order valence-corrected chi connectivity index (χ3v) is 2.74. The van der Waals surface area contributed by atoms with Gasteiger partial charge < -0.3 is 10.2 Å². The second kappa shape index (κ2) is 4.00. The molecule has 0 amide bonds. The number of hydrogen-bond donors (Lipinski definition) is 2. The number of aliphatic hydroxyl groups is 1. The Balaban J connectivity index is 2.86. The van der Waals surface area contributed by atoms with E-state index in [0.29, 0.717) is 18.4 Å². The second-order valence-corrected chi connectivity index (χ2v) is 4.18. The van der Waals surface area contributed by atoms with Crippen molar-refractivity contribution in [1.82, 2.24) is 0 Å². The summed E-state index contributed by atoms with van der Waals surface area (Å²) in [5.41, 5.74) is -1.81. The summed E-state index contributed by atoms with van der Waals surface area (Å²) < 4.78 is 0. The van der Waals surface area contributed by atoms with Gasteiger partial charge in [0.2, 0.25) is 0 Å². The van der Waals surface area contributed by atoms with Gasteiger partial charge in [0.1, 0.15) is 5.60 Å². The van der Waals surface area contributed by atoms with E-state index in [1.807, 2.05) is 0 Å². The molecule has 1 aliphatic rings. The van der Waals surface area contributed by atoms with Crippen LogP contribution >= 0.6 is 0 Å². The zero-order valence-corrected chi connectivity index (χ0v) is 9.24. The quantitative estimate of drug-likeness (QED) is 0.537. The number of carbonyl (C=O) groups is 1. The summed E-state index contributed by atoms with van der Waals surface area (Å²) in [4.78, 5) is 10.3. The molecule has 1 aliphatic carbocycles. The Morgan fingerprint density at radius 3 is 2.50 bits per heavy atom. The molecule has 0 radical (unpaired) electrons. The lowest BCUT2D eigenvalue weighted by Crippen LogP contribution is -2.33. The topological polar surface area (TPSA) is 81.3 Å². The minimum Gasteiger partial charge on any atom is -0.478 e. The van der Waals surface area contributed by atoms with Crippen LogP contribution in [0.4, 0.5) is 0 Å². The number of allylic oxidation sites excluding steroid dienone is 1. The summed E-state index contributed by atoms with van der Waals surface area (Å²) in [5, 5.41) is 27.4. The van der Waals surface area contributed by atoms with Crippen LogP contribution in [-0.4, -0.2) is 21.8 Å². The number of hydrogen-bond acceptors (Lipinski definition) is 3. The fraction of sp³-hybridized carbons (Fsp3) is 0.500. The first-order valence-corrected chi connectivity index (χ1v) is 4.91. The van der Waals surface area contributed by atoms with Gasteiger partial charge in [-0.1, -0.05) is 11.8 Å². The first kappa shape index (κ1) is 12.3. The molecule has 0 unspecified atom stereocenters. The van der Waals surface area contributed by atoms with Gasteiger partial charge in [0, 0.05) is 11.6 Å². The maximum Gasteiger partial charge on any atom is 0.329 e. The van der Waals surface area contributed by atoms with Crippen LogP contribution in [0.2, 0.25) is 0 Å². The van der Waals surface area contributed by atoms with Gasteiger partial charge in [-0.3, -0.25) is 0 Å². The molecular formula is C12H13NO3. The van der Waals surface area contributed by atoms with Crippen LogP contribution in [-0.2, 0) is 4.79 Å². The standard InChI is InChI=1S/C12H13NO3/c1-9(7-10(14)15)3-4-11(2,16)12(8-13)5-6-12/h7,16H,5-6H2,1-2H3,(H,14,15)/b9-7-/t11-/m0/s1. The minimum atomic E-state index is -1.38. The van der Waals surface area contributed by atoms with Crippen LogP contribution < -0.4 is 0 Å². The van der Waals surface area contributed by atoms with Crippen molar-refractivity contribution in [3.8, 4) is 17.9 Å². The molecule has 2 N–H and O–H groups in total. The van der Waals surface area contributed by atoms with Gasteiger partial charge in [-0.25, -0.2) is 4.79 Å². The molecule has 84 valence electrons. The molecule has 1 atom stereocenters. The van der Waals surface area contributed by atoms with Crippen LogP contribution in [0, 0.1) is 28.6 Å². The Morgan fingerprint density at radius 1 is 1.56 bits per heavy atom. The van der Waals surface area contributed by atoms with E-state index in [2.05, 4.69) is 17.9 Å². The SMILES string of the molecule is C/C(C#C[C@](C)(O)C1(C#N)CC1)=C/C(=O)O. The molecule has 0 aromatic carbocycles. The number of aliphatic carboxylic acids is 1. The van der Waals surface area contributed by atoms with Crippen molar-refractivity contribution < 1.29 is 15.0 Å². The molecule has 0 aliphatic heterocycles. The molecule has 0 aromatic heterocycles. The van der Waals surface area contributed by atoms with E-state index in [1.165, 1.54) is 6.92 Å². The van der Waals surface area contributed by atoms with Crippen molar-refractivity contribution in [3.63, 3.8) is 0 Å². The van der Waals surface area contributed by atoms with E-state index in [9.17, 15) is 9.90 Å². The summed E-state index contributed by atoms with van der Waals surface area (Å²) in [5.74, 6) is 4.06. The van der Waals surface area contributed by atoms with E-state index in [0.717, 1.165) is 6.08 Å². The molecule has 0 spiro atoms. The summed E-state index contributed by atoms with van der Waals surface area (Å²) in [6.07, 6.45) is 2.23. The monoisotopic (exact) mass is 219 g/mol. The maximum absolute atomic E-state index is 10.3. The highest BCUT2D eigenvalue weighted by atomic mass is 16.4. The van der Waals surface area contributed by atoms with Crippen LogP contribution in [0.5, 0.6) is 0 Å². The smallest absolute Gasteiger partial charge is 0.329 e. The van der Waals surface area contributed by atoms with Crippen LogP contribution in [0.15, 0.2) is 11.6 Å². The predicted molar refractivity (Wildman–Crippen MR) is 57.1 cm³/mol.